The lowest BCUT2D eigenvalue weighted by Crippen LogP contribution is -2.27. The van der Waals surface area contributed by atoms with E-state index in [2.05, 4.69) is 6.58 Å². The van der Waals surface area contributed by atoms with Crippen molar-refractivity contribution in [3.05, 3.63) is 68.5 Å². The van der Waals surface area contributed by atoms with E-state index in [1.54, 1.807) is 0 Å². The van der Waals surface area contributed by atoms with E-state index in [0.29, 0.717) is 5.75 Å². The topological polar surface area (TPSA) is 92.3 Å². The molecule has 0 amide bonds. The van der Waals surface area contributed by atoms with Crippen LogP contribution in [0.2, 0.25) is 0 Å². The number of ketones is 1. The summed E-state index contributed by atoms with van der Waals surface area (Å²) < 4.78 is 6.65. The fourth-order valence-corrected chi connectivity index (χ4v) is 3.19. The van der Waals surface area contributed by atoms with E-state index < -0.39 is 17.2 Å². The van der Waals surface area contributed by atoms with Crippen molar-refractivity contribution in [1.82, 2.24) is 4.57 Å². The number of hydrogen-bond donors (Lipinski definition) is 1. The van der Waals surface area contributed by atoms with Crippen LogP contribution >= 0.6 is 0 Å². The Hall–Kier alpha value is -3.33. The second-order valence-electron chi connectivity index (χ2n) is 6.45. The number of rotatable bonds is 6. The summed E-state index contributed by atoms with van der Waals surface area (Å²) >= 11 is 0. The summed E-state index contributed by atoms with van der Waals surface area (Å²) in [5, 5.41) is 19.7. The number of Topliss-reactive ketones (excluding diaryl/α,β-unsaturated/α-hetero) is 1. The standard InChI is InChI=1S/C21H22N2O4/c1-6-7-23-20(25)16(10-22)15(5)18(21(23)26)17(24)11-27-19-13(3)8-12(2)9-14(19)4/h6,8-9,26H,1,7,11H2,2-5H3. The third kappa shape index (κ3) is 3.77. The van der Waals surface area contributed by atoms with Crippen molar-refractivity contribution in [2.24, 2.45) is 0 Å². The molecule has 0 bridgehead atoms. The third-order valence-corrected chi connectivity index (χ3v) is 4.34. The maximum absolute atomic E-state index is 12.7. The number of aromatic nitrogens is 1. The number of carbonyl (C=O) groups excluding carboxylic acids is 1. The Labute approximate surface area is 158 Å². The highest BCUT2D eigenvalue weighted by Crippen LogP contribution is 2.26. The lowest BCUT2D eigenvalue weighted by molar-refractivity contribution is 0.0915. The molecular weight excluding hydrogens is 344 g/mol. The second-order valence-corrected chi connectivity index (χ2v) is 6.45. The molecule has 0 fully saturated rings. The molecule has 0 radical (unpaired) electrons. The molecular formula is C21H22N2O4. The van der Waals surface area contributed by atoms with Crippen molar-refractivity contribution in [2.75, 3.05) is 6.61 Å². The Morgan fingerprint density at radius 2 is 1.89 bits per heavy atom. The van der Waals surface area contributed by atoms with Gasteiger partial charge in [-0.25, -0.2) is 0 Å². The highest BCUT2D eigenvalue weighted by molar-refractivity contribution is 6.01. The van der Waals surface area contributed by atoms with Gasteiger partial charge in [-0.3, -0.25) is 14.2 Å². The van der Waals surface area contributed by atoms with Crippen LogP contribution in [0.3, 0.4) is 0 Å². The van der Waals surface area contributed by atoms with Gasteiger partial charge in [0.25, 0.3) is 5.56 Å². The molecule has 1 aromatic carbocycles. The fourth-order valence-electron chi connectivity index (χ4n) is 3.19. The summed E-state index contributed by atoms with van der Waals surface area (Å²) in [6.07, 6.45) is 1.40. The molecule has 0 aliphatic heterocycles. The molecule has 2 aromatic rings. The van der Waals surface area contributed by atoms with E-state index >= 15 is 0 Å². The lowest BCUT2D eigenvalue weighted by atomic mass is 10.0. The fraction of sp³-hybridized carbons (Fsp3) is 0.286. The van der Waals surface area contributed by atoms with Gasteiger partial charge in [0.2, 0.25) is 11.7 Å². The van der Waals surface area contributed by atoms with Gasteiger partial charge in [-0.15, -0.1) is 6.58 Å². The highest BCUT2D eigenvalue weighted by atomic mass is 16.5. The van der Waals surface area contributed by atoms with Gasteiger partial charge in [0.15, 0.2) is 6.61 Å². The maximum Gasteiger partial charge on any atom is 0.271 e. The first-order valence-electron chi connectivity index (χ1n) is 8.44. The van der Waals surface area contributed by atoms with E-state index in [9.17, 15) is 20.0 Å². The van der Waals surface area contributed by atoms with E-state index in [-0.39, 0.29) is 29.8 Å². The third-order valence-electron chi connectivity index (χ3n) is 4.34. The maximum atomic E-state index is 12.7. The molecule has 1 aromatic heterocycles. The molecule has 1 heterocycles. The molecule has 0 unspecified atom stereocenters. The largest absolute Gasteiger partial charge is 0.494 e. The van der Waals surface area contributed by atoms with Crippen molar-refractivity contribution in [2.45, 2.75) is 34.2 Å². The van der Waals surface area contributed by atoms with E-state index in [4.69, 9.17) is 4.74 Å². The molecule has 0 aliphatic rings. The quantitative estimate of drug-likeness (QED) is 0.626. The number of allylic oxidation sites excluding steroid dienone is 1. The zero-order valence-corrected chi connectivity index (χ0v) is 15.9. The Kier molecular flexibility index (Phi) is 5.86. The number of ether oxygens (including phenoxy) is 1. The molecule has 0 saturated heterocycles. The second kappa shape index (κ2) is 7.92. The van der Waals surface area contributed by atoms with Gasteiger partial charge in [-0.1, -0.05) is 23.8 Å². The van der Waals surface area contributed by atoms with Crippen LogP contribution in [-0.2, 0) is 6.54 Å². The van der Waals surface area contributed by atoms with E-state index in [0.717, 1.165) is 21.3 Å². The molecule has 1 N–H and O–H groups in total. The minimum Gasteiger partial charge on any atom is -0.494 e. The molecule has 27 heavy (non-hydrogen) atoms. The molecule has 0 aliphatic carbocycles. The summed E-state index contributed by atoms with van der Waals surface area (Å²) in [7, 11) is 0. The van der Waals surface area contributed by atoms with Crippen LogP contribution < -0.4 is 10.3 Å². The van der Waals surface area contributed by atoms with E-state index in [1.807, 2.05) is 39.0 Å². The Morgan fingerprint density at radius 1 is 1.30 bits per heavy atom. The molecule has 0 saturated carbocycles. The average Bonchev–Trinajstić information content (AvgIpc) is 2.58. The van der Waals surface area contributed by atoms with E-state index in [1.165, 1.54) is 13.0 Å². The Bertz CT molecular complexity index is 1000. The van der Waals surface area contributed by atoms with Crippen LogP contribution in [0.15, 0.2) is 29.6 Å². The molecule has 6 nitrogen and oxygen atoms in total. The summed E-state index contributed by atoms with van der Waals surface area (Å²) in [6, 6.07) is 5.72. The van der Waals surface area contributed by atoms with Crippen molar-refractivity contribution in [3.8, 4) is 17.7 Å². The minimum atomic E-state index is -0.657. The SMILES string of the molecule is C=CCn1c(O)c(C(=O)COc2c(C)cc(C)cc2C)c(C)c(C#N)c1=O. The van der Waals surface area contributed by atoms with Gasteiger partial charge in [0.1, 0.15) is 17.4 Å². The summed E-state index contributed by atoms with van der Waals surface area (Å²) in [6.45, 7) is 10.4. The molecule has 140 valence electrons. The zero-order chi connectivity index (χ0) is 20.3. The Balaban J connectivity index is 2.45. The van der Waals surface area contributed by atoms with Crippen LogP contribution in [-0.4, -0.2) is 22.1 Å². The summed E-state index contributed by atoms with van der Waals surface area (Å²) in [5.41, 5.74) is 2.11. The van der Waals surface area contributed by atoms with Crippen LogP contribution in [0.1, 0.15) is 38.2 Å². The minimum absolute atomic E-state index is 0.0169. The summed E-state index contributed by atoms with van der Waals surface area (Å²) in [5.74, 6) is -0.396. The number of aromatic hydroxyl groups is 1. The number of nitriles is 1. The first-order valence-corrected chi connectivity index (χ1v) is 8.44. The molecule has 2 rings (SSSR count). The normalized spacial score (nSPS) is 10.3. The summed E-state index contributed by atoms with van der Waals surface area (Å²) in [4.78, 5) is 25.0. The van der Waals surface area contributed by atoms with Crippen LogP contribution in [0, 0.1) is 39.0 Å². The number of benzene rings is 1. The van der Waals surface area contributed by atoms with Gasteiger partial charge >= 0.3 is 0 Å². The van der Waals surface area contributed by atoms with Crippen molar-refractivity contribution in [1.29, 1.82) is 5.26 Å². The first-order chi connectivity index (χ1) is 12.7. The molecule has 6 heteroatoms. The highest BCUT2D eigenvalue weighted by Gasteiger charge is 2.24. The van der Waals surface area contributed by atoms with Gasteiger partial charge in [0.05, 0.1) is 5.56 Å². The first kappa shape index (κ1) is 20.0. The zero-order valence-electron chi connectivity index (χ0n) is 15.9. The van der Waals surface area contributed by atoms with Crippen LogP contribution in [0.25, 0.3) is 0 Å². The Morgan fingerprint density at radius 3 is 2.41 bits per heavy atom. The van der Waals surface area contributed by atoms with Crippen LogP contribution in [0.4, 0.5) is 0 Å². The van der Waals surface area contributed by atoms with Crippen molar-refractivity contribution < 1.29 is 14.6 Å². The smallest absolute Gasteiger partial charge is 0.271 e. The van der Waals surface area contributed by atoms with Gasteiger partial charge in [-0.2, -0.15) is 5.26 Å². The number of pyridine rings is 1. The predicted molar refractivity (Wildman–Crippen MR) is 102 cm³/mol. The molecule has 0 atom stereocenters. The van der Waals surface area contributed by atoms with Gasteiger partial charge < -0.3 is 9.84 Å². The monoisotopic (exact) mass is 366 g/mol. The molecule has 0 spiro atoms. The van der Waals surface area contributed by atoms with Gasteiger partial charge in [-0.05, 0) is 44.4 Å². The van der Waals surface area contributed by atoms with Gasteiger partial charge in [0, 0.05) is 6.54 Å². The van der Waals surface area contributed by atoms with Crippen molar-refractivity contribution >= 4 is 5.78 Å². The number of nitrogens with zero attached hydrogens (tertiary/aromatic N) is 2. The van der Waals surface area contributed by atoms with Crippen molar-refractivity contribution in [3.63, 3.8) is 0 Å². The predicted octanol–water partition coefficient (Wildman–Crippen LogP) is 3.11. The lowest BCUT2D eigenvalue weighted by Gasteiger charge is -2.16. The van der Waals surface area contributed by atoms with Crippen LogP contribution in [0.5, 0.6) is 11.6 Å². The average molecular weight is 366 g/mol. The number of hydrogen-bond acceptors (Lipinski definition) is 5. The number of aryl methyl sites for hydroxylation is 3. The number of carbonyl (C=O) groups is 1.